The number of aromatic nitrogens is 2. The van der Waals surface area contributed by atoms with Crippen molar-refractivity contribution in [2.24, 2.45) is 0 Å². The topological polar surface area (TPSA) is 85.5 Å². The maximum Gasteiger partial charge on any atom is 0.224 e. The number of halogens is 2. The SMILES string of the molecule is COc1ccc(F)c(F)c1C(=S)c1cnc(NCCCN2CCOCC2)nc1N. The van der Waals surface area contributed by atoms with Gasteiger partial charge in [-0.05, 0) is 25.1 Å². The Morgan fingerprint density at radius 3 is 2.79 bits per heavy atom. The van der Waals surface area contributed by atoms with Gasteiger partial charge in [0.15, 0.2) is 11.6 Å². The number of nitrogens with zero attached hydrogens (tertiary/aromatic N) is 3. The van der Waals surface area contributed by atoms with Crippen LogP contribution in [-0.2, 0) is 4.74 Å². The number of benzene rings is 1. The van der Waals surface area contributed by atoms with E-state index in [1.165, 1.54) is 19.4 Å². The van der Waals surface area contributed by atoms with Gasteiger partial charge in [-0.15, -0.1) is 0 Å². The van der Waals surface area contributed by atoms with Gasteiger partial charge in [0.1, 0.15) is 11.6 Å². The van der Waals surface area contributed by atoms with E-state index in [4.69, 9.17) is 27.4 Å². The second-order valence-corrected chi connectivity index (χ2v) is 6.90. The van der Waals surface area contributed by atoms with E-state index in [-0.39, 0.29) is 27.6 Å². The Morgan fingerprint density at radius 2 is 2.10 bits per heavy atom. The standard InChI is InChI=1S/C19H23F2N5O2S/c1-27-14-4-3-13(20)16(21)15(14)17(29)12-11-24-19(25-18(12)22)23-5-2-6-26-7-9-28-10-8-26/h3-4,11H,2,5-10H2,1H3,(H3,22,23,24,25). The fraction of sp³-hybridized carbons (Fsp3) is 0.421. The lowest BCUT2D eigenvalue weighted by molar-refractivity contribution is 0.0378. The minimum atomic E-state index is -1.10. The third kappa shape index (κ3) is 5.14. The van der Waals surface area contributed by atoms with Crippen molar-refractivity contribution in [2.75, 3.05) is 57.6 Å². The lowest BCUT2D eigenvalue weighted by atomic mass is 10.0. The van der Waals surface area contributed by atoms with Crippen molar-refractivity contribution < 1.29 is 18.3 Å². The van der Waals surface area contributed by atoms with E-state index >= 15 is 0 Å². The monoisotopic (exact) mass is 423 g/mol. The average molecular weight is 423 g/mol. The molecule has 10 heteroatoms. The van der Waals surface area contributed by atoms with Crippen LogP contribution in [0.2, 0.25) is 0 Å². The van der Waals surface area contributed by atoms with E-state index in [9.17, 15) is 8.78 Å². The zero-order valence-electron chi connectivity index (χ0n) is 16.1. The van der Waals surface area contributed by atoms with Crippen LogP contribution >= 0.6 is 12.2 Å². The van der Waals surface area contributed by atoms with Crippen LogP contribution in [0.15, 0.2) is 18.3 Å². The fourth-order valence-electron chi connectivity index (χ4n) is 3.03. The summed E-state index contributed by atoms with van der Waals surface area (Å²) in [4.78, 5) is 10.7. The summed E-state index contributed by atoms with van der Waals surface area (Å²) in [5, 5.41) is 3.11. The minimum absolute atomic E-state index is 0.0183. The molecule has 0 spiro atoms. The number of hydrogen-bond acceptors (Lipinski definition) is 8. The first-order valence-corrected chi connectivity index (χ1v) is 9.65. The molecule has 1 aromatic heterocycles. The first-order valence-electron chi connectivity index (χ1n) is 9.24. The van der Waals surface area contributed by atoms with Crippen molar-refractivity contribution in [1.29, 1.82) is 0 Å². The smallest absolute Gasteiger partial charge is 0.224 e. The van der Waals surface area contributed by atoms with Gasteiger partial charge in [0.2, 0.25) is 5.95 Å². The summed E-state index contributed by atoms with van der Waals surface area (Å²) in [5.74, 6) is -1.59. The molecule has 1 saturated heterocycles. The molecule has 156 valence electrons. The Labute approximate surface area is 173 Å². The van der Waals surface area contributed by atoms with Crippen LogP contribution < -0.4 is 15.8 Å². The number of nitrogens with one attached hydrogen (secondary N) is 1. The molecule has 1 aromatic carbocycles. The largest absolute Gasteiger partial charge is 0.496 e. The van der Waals surface area contributed by atoms with Gasteiger partial charge < -0.3 is 20.5 Å². The number of ether oxygens (including phenoxy) is 2. The predicted octanol–water partition coefficient (Wildman–Crippen LogP) is 2.25. The number of thiocarbonyl (C=S) groups is 1. The molecule has 0 amide bonds. The molecule has 0 bridgehead atoms. The highest BCUT2D eigenvalue weighted by Gasteiger charge is 2.22. The van der Waals surface area contributed by atoms with Gasteiger partial charge in [0.25, 0.3) is 0 Å². The number of nitrogens with two attached hydrogens (primary N) is 1. The van der Waals surface area contributed by atoms with E-state index in [1.807, 2.05) is 0 Å². The number of nitrogen functional groups attached to an aromatic ring is 1. The lowest BCUT2D eigenvalue weighted by Gasteiger charge is -2.26. The highest BCUT2D eigenvalue weighted by molar-refractivity contribution is 7.81. The van der Waals surface area contributed by atoms with Crippen molar-refractivity contribution >= 4 is 28.8 Å². The van der Waals surface area contributed by atoms with E-state index in [2.05, 4.69) is 20.2 Å². The van der Waals surface area contributed by atoms with Gasteiger partial charge in [0.05, 0.1) is 36.3 Å². The molecular weight excluding hydrogens is 400 g/mol. The molecule has 1 aliphatic heterocycles. The highest BCUT2D eigenvalue weighted by Crippen LogP contribution is 2.28. The van der Waals surface area contributed by atoms with Crippen LogP contribution in [0.4, 0.5) is 20.5 Å². The third-order valence-electron chi connectivity index (χ3n) is 4.60. The zero-order valence-corrected chi connectivity index (χ0v) is 16.9. The van der Waals surface area contributed by atoms with E-state index < -0.39 is 11.6 Å². The summed E-state index contributed by atoms with van der Waals surface area (Å²) < 4.78 is 38.4. The first kappa shape index (κ1) is 21.3. The second kappa shape index (κ2) is 9.86. The Morgan fingerprint density at radius 1 is 1.34 bits per heavy atom. The van der Waals surface area contributed by atoms with Gasteiger partial charge in [-0.3, -0.25) is 4.90 Å². The van der Waals surface area contributed by atoms with Crippen LogP contribution in [0.25, 0.3) is 0 Å². The molecule has 0 saturated carbocycles. The van der Waals surface area contributed by atoms with Gasteiger partial charge in [-0.2, -0.15) is 4.98 Å². The van der Waals surface area contributed by atoms with Crippen LogP contribution in [0, 0.1) is 11.6 Å². The quantitative estimate of drug-likeness (QED) is 0.380. The molecular formula is C19H23F2N5O2S. The van der Waals surface area contributed by atoms with Gasteiger partial charge in [-0.25, -0.2) is 13.8 Å². The average Bonchev–Trinajstić information content (AvgIpc) is 2.73. The molecule has 1 aliphatic rings. The molecule has 0 aliphatic carbocycles. The van der Waals surface area contributed by atoms with E-state index in [1.54, 1.807) is 0 Å². The van der Waals surface area contributed by atoms with Crippen molar-refractivity contribution in [2.45, 2.75) is 6.42 Å². The van der Waals surface area contributed by atoms with Gasteiger partial charge in [-0.1, -0.05) is 12.2 Å². The fourth-order valence-corrected chi connectivity index (χ4v) is 3.38. The summed E-state index contributed by atoms with van der Waals surface area (Å²) in [6, 6.07) is 2.28. The van der Waals surface area contributed by atoms with Gasteiger partial charge >= 0.3 is 0 Å². The van der Waals surface area contributed by atoms with Gasteiger partial charge in [0, 0.05) is 25.8 Å². The van der Waals surface area contributed by atoms with E-state index in [0.717, 1.165) is 45.3 Å². The molecule has 7 nitrogen and oxygen atoms in total. The van der Waals surface area contributed by atoms with Crippen LogP contribution in [0.5, 0.6) is 5.75 Å². The van der Waals surface area contributed by atoms with E-state index in [0.29, 0.717) is 12.5 Å². The molecule has 0 radical (unpaired) electrons. The minimum Gasteiger partial charge on any atom is -0.496 e. The Kier molecular flexibility index (Phi) is 7.24. The zero-order chi connectivity index (χ0) is 20.8. The maximum atomic E-state index is 14.3. The number of methoxy groups -OCH3 is 1. The Bertz CT molecular complexity index is 878. The van der Waals surface area contributed by atoms with Crippen LogP contribution in [0.1, 0.15) is 17.5 Å². The number of rotatable bonds is 8. The number of morpholine rings is 1. The second-order valence-electron chi connectivity index (χ2n) is 6.49. The summed E-state index contributed by atoms with van der Waals surface area (Å²) in [7, 11) is 1.35. The lowest BCUT2D eigenvalue weighted by Crippen LogP contribution is -2.37. The Balaban J connectivity index is 1.65. The van der Waals surface area contributed by atoms with Crippen molar-refractivity contribution in [3.05, 3.63) is 41.1 Å². The number of hydrogen-bond donors (Lipinski definition) is 2. The third-order valence-corrected chi connectivity index (χ3v) is 5.03. The molecule has 1 fully saturated rings. The van der Waals surface area contributed by atoms with Crippen LogP contribution in [0.3, 0.4) is 0 Å². The molecule has 3 rings (SSSR count). The summed E-state index contributed by atoms with van der Waals surface area (Å²) in [6.45, 7) is 5.04. The molecule has 29 heavy (non-hydrogen) atoms. The van der Waals surface area contributed by atoms with Crippen LogP contribution in [-0.4, -0.2) is 66.2 Å². The predicted molar refractivity (Wildman–Crippen MR) is 111 cm³/mol. The highest BCUT2D eigenvalue weighted by atomic mass is 32.1. The maximum absolute atomic E-state index is 14.3. The normalized spacial score (nSPS) is 14.6. The summed E-state index contributed by atoms with van der Waals surface area (Å²) in [5.41, 5.74) is 6.06. The van der Waals surface area contributed by atoms with Crippen molar-refractivity contribution in [1.82, 2.24) is 14.9 Å². The van der Waals surface area contributed by atoms with Crippen molar-refractivity contribution in [3.63, 3.8) is 0 Å². The Hall–Kier alpha value is -2.43. The summed E-state index contributed by atoms with van der Waals surface area (Å²) >= 11 is 5.31. The molecule has 2 heterocycles. The van der Waals surface area contributed by atoms with Crippen molar-refractivity contribution in [3.8, 4) is 5.75 Å². The molecule has 3 N–H and O–H groups in total. The first-order chi connectivity index (χ1) is 14.0. The molecule has 0 atom stereocenters. The molecule has 0 unspecified atom stereocenters. The summed E-state index contributed by atoms with van der Waals surface area (Å²) in [6.07, 6.45) is 2.31. The number of anilines is 2. The molecule has 2 aromatic rings.